The lowest BCUT2D eigenvalue weighted by atomic mass is 9.93. The lowest BCUT2D eigenvalue weighted by Crippen LogP contribution is -2.65. The summed E-state index contributed by atoms with van der Waals surface area (Å²) in [6.45, 7) is 0.478. The van der Waals surface area contributed by atoms with E-state index in [0.29, 0.717) is 16.6 Å². The molecule has 1 heterocycles. The fourth-order valence-electron chi connectivity index (χ4n) is 3.21. The van der Waals surface area contributed by atoms with Crippen LogP contribution >= 0.6 is 23.2 Å². The van der Waals surface area contributed by atoms with Crippen molar-refractivity contribution in [1.29, 1.82) is 0 Å². The molecule has 1 aliphatic carbocycles. The number of carbonyl (C=O) groups excluding carboxylic acids is 2. The molecule has 3 rings (SSSR count). The molecule has 1 saturated heterocycles. The highest BCUT2D eigenvalue weighted by atomic mass is 35.5. The van der Waals surface area contributed by atoms with Gasteiger partial charge >= 0.3 is 0 Å². The van der Waals surface area contributed by atoms with Gasteiger partial charge in [-0.1, -0.05) is 42.1 Å². The summed E-state index contributed by atoms with van der Waals surface area (Å²) >= 11 is 11.9. The number of amides is 2. The Labute approximate surface area is 133 Å². The molecule has 0 aromatic heterocycles. The summed E-state index contributed by atoms with van der Waals surface area (Å²) in [5, 5.41) is 3.84. The Kier molecular flexibility index (Phi) is 3.84. The molecule has 0 atom stereocenters. The molecule has 1 aromatic rings. The van der Waals surface area contributed by atoms with Gasteiger partial charge in [-0.05, 0) is 30.5 Å². The molecule has 2 fully saturated rings. The van der Waals surface area contributed by atoms with Crippen LogP contribution in [-0.4, -0.2) is 28.8 Å². The Morgan fingerprint density at radius 1 is 1.14 bits per heavy atom. The van der Waals surface area contributed by atoms with Gasteiger partial charge in [0.2, 0.25) is 11.8 Å². The van der Waals surface area contributed by atoms with Gasteiger partial charge in [-0.25, -0.2) is 0 Å². The van der Waals surface area contributed by atoms with Crippen molar-refractivity contribution in [2.24, 2.45) is 0 Å². The molecule has 2 aliphatic rings. The largest absolute Gasteiger partial charge is 0.340 e. The third kappa shape index (κ3) is 2.74. The highest BCUT2D eigenvalue weighted by molar-refractivity contribution is 6.42. The van der Waals surface area contributed by atoms with Crippen LogP contribution in [0.4, 0.5) is 0 Å². The van der Waals surface area contributed by atoms with Crippen molar-refractivity contribution >= 4 is 35.0 Å². The minimum atomic E-state index is -0.675. The third-order valence-corrected chi connectivity index (χ3v) is 4.96. The maximum absolute atomic E-state index is 12.7. The van der Waals surface area contributed by atoms with Gasteiger partial charge in [0.05, 0.1) is 16.6 Å². The number of rotatable bonds is 2. The molecule has 1 N–H and O–H groups in total. The zero-order chi connectivity index (χ0) is 15.0. The van der Waals surface area contributed by atoms with Crippen LogP contribution in [0.3, 0.4) is 0 Å². The molecule has 112 valence electrons. The first-order valence-electron chi connectivity index (χ1n) is 7.04. The van der Waals surface area contributed by atoms with Crippen molar-refractivity contribution < 1.29 is 9.59 Å². The van der Waals surface area contributed by atoms with E-state index in [-0.39, 0.29) is 18.4 Å². The van der Waals surface area contributed by atoms with Gasteiger partial charge in [0.25, 0.3) is 0 Å². The van der Waals surface area contributed by atoms with E-state index in [9.17, 15) is 9.59 Å². The van der Waals surface area contributed by atoms with Crippen LogP contribution in [0.5, 0.6) is 0 Å². The first-order chi connectivity index (χ1) is 10.00. The Morgan fingerprint density at radius 3 is 2.52 bits per heavy atom. The van der Waals surface area contributed by atoms with Crippen molar-refractivity contribution in [2.45, 2.75) is 37.8 Å². The number of halogens is 2. The second kappa shape index (κ2) is 5.50. The predicted octanol–water partition coefficient (Wildman–Crippen LogP) is 2.76. The molecule has 0 bridgehead atoms. The maximum atomic E-state index is 12.7. The molecule has 2 amide bonds. The molecule has 1 aliphatic heterocycles. The second-order valence-corrected chi connectivity index (χ2v) is 6.56. The van der Waals surface area contributed by atoms with Crippen molar-refractivity contribution in [3.63, 3.8) is 0 Å². The van der Waals surface area contributed by atoms with E-state index >= 15 is 0 Å². The molecular formula is C15H16Cl2N2O2. The maximum Gasteiger partial charge on any atom is 0.249 e. The van der Waals surface area contributed by atoms with Gasteiger partial charge in [0, 0.05) is 6.54 Å². The molecule has 21 heavy (non-hydrogen) atoms. The van der Waals surface area contributed by atoms with Crippen LogP contribution in [0.15, 0.2) is 18.2 Å². The summed E-state index contributed by atoms with van der Waals surface area (Å²) < 4.78 is 0. The van der Waals surface area contributed by atoms with Gasteiger partial charge in [-0.15, -0.1) is 0 Å². The van der Waals surface area contributed by atoms with Gasteiger partial charge in [0.15, 0.2) is 0 Å². The zero-order valence-electron chi connectivity index (χ0n) is 11.5. The fourth-order valence-corrected chi connectivity index (χ4v) is 3.53. The normalized spacial score (nSPS) is 21.0. The van der Waals surface area contributed by atoms with Crippen LogP contribution in [0.2, 0.25) is 10.0 Å². The van der Waals surface area contributed by atoms with Crippen molar-refractivity contribution in [1.82, 2.24) is 10.2 Å². The van der Waals surface area contributed by atoms with E-state index in [1.807, 2.05) is 6.07 Å². The van der Waals surface area contributed by atoms with Crippen LogP contribution < -0.4 is 5.32 Å². The summed E-state index contributed by atoms with van der Waals surface area (Å²) in [6.07, 6.45) is 3.42. The minimum absolute atomic E-state index is 0.0191. The van der Waals surface area contributed by atoms with Gasteiger partial charge in [-0.3, -0.25) is 9.59 Å². The van der Waals surface area contributed by atoms with Gasteiger partial charge in [-0.2, -0.15) is 0 Å². The first-order valence-corrected chi connectivity index (χ1v) is 7.80. The molecule has 0 unspecified atom stereocenters. The topological polar surface area (TPSA) is 49.4 Å². The van der Waals surface area contributed by atoms with E-state index < -0.39 is 5.54 Å². The number of hydrogen-bond acceptors (Lipinski definition) is 2. The lowest BCUT2D eigenvalue weighted by molar-refractivity contribution is -0.150. The van der Waals surface area contributed by atoms with Crippen molar-refractivity contribution in [2.75, 3.05) is 6.54 Å². The summed E-state index contributed by atoms with van der Waals surface area (Å²) in [7, 11) is 0. The highest BCUT2D eigenvalue weighted by Crippen LogP contribution is 2.34. The number of benzene rings is 1. The lowest BCUT2D eigenvalue weighted by Gasteiger charge is -2.39. The van der Waals surface area contributed by atoms with E-state index in [2.05, 4.69) is 5.32 Å². The summed E-state index contributed by atoms with van der Waals surface area (Å²) in [6, 6.07) is 5.28. The van der Waals surface area contributed by atoms with Crippen LogP contribution in [0, 0.1) is 0 Å². The van der Waals surface area contributed by atoms with E-state index in [0.717, 1.165) is 31.2 Å². The molecule has 1 saturated carbocycles. The molecular weight excluding hydrogens is 311 g/mol. The smallest absolute Gasteiger partial charge is 0.249 e. The van der Waals surface area contributed by atoms with Crippen LogP contribution in [0.1, 0.15) is 31.2 Å². The average molecular weight is 327 g/mol. The van der Waals surface area contributed by atoms with E-state index in [1.165, 1.54) is 0 Å². The fraction of sp³-hybridized carbons (Fsp3) is 0.467. The summed E-state index contributed by atoms with van der Waals surface area (Å²) in [4.78, 5) is 26.3. The molecule has 4 nitrogen and oxygen atoms in total. The SMILES string of the molecule is O=C1CN(Cc2ccc(Cl)c(Cl)c2)C(=O)C2(CCCC2)N1. The predicted molar refractivity (Wildman–Crippen MR) is 81.2 cm³/mol. The number of hydrogen-bond donors (Lipinski definition) is 1. The Balaban J connectivity index is 1.82. The van der Waals surface area contributed by atoms with Crippen molar-refractivity contribution in [3.8, 4) is 0 Å². The quantitative estimate of drug-likeness (QED) is 0.908. The first kappa shape index (κ1) is 14.7. The van der Waals surface area contributed by atoms with Crippen LogP contribution in [-0.2, 0) is 16.1 Å². The number of piperazine rings is 1. The van der Waals surface area contributed by atoms with Gasteiger partial charge < -0.3 is 10.2 Å². The molecule has 6 heteroatoms. The molecule has 1 aromatic carbocycles. The Hall–Kier alpha value is -1.26. The second-order valence-electron chi connectivity index (χ2n) is 5.75. The Bertz CT molecular complexity index is 597. The number of nitrogens with one attached hydrogen (secondary N) is 1. The number of nitrogens with zero attached hydrogens (tertiary/aromatic N) is 1. The van der Waals surface area contributed by atoms with Crippen LogP contribution in [0.25, 0.3) is 0 Å². The molecule has 0 radical (unpaired) electrons. The number of carbonyl (C=O) groups is 2. The highest BCUT2D eigenvalue weighted by Gasteiger charge is 2.48. The summed E-state index contributed by atoms with van der Waals surface area (Å²) in [5.41, 5.74) is 0.201. The summed E-state index contributed by atoms with van der Waals surface area (Å²) in [5.74, 6) is -0.0674. The molecule has 1 spiro atoms. The van der Waals surface area contributed by atoms with Crippen molar-refractivity contribution in [3.05, 3.63) is 33.8 Å². The van der Waals surface area contributed by atoms with E-state index in [4.69, 9.17) is 23.2 Å². The van der Waals surface area contributed by atoms with Gasteiger partial charge in [0.1, 0.15) is 5.54 Å². The zero-order valence-corrected chi connectivity index (χ0v) is 13.0. The third-order valence-electron chi connectivity index (χ3n) is 4.22. The average Bonchev–Trinajstić information content (AvgIpc) is 2.89. The minimum Gasteiger partial charge on any atom is -0.340 e. The van der Waals surface area contributed by atoms with E-state index in [1.54, 1.807) is 17.0 Å². The Morgan fingerprint density at radius 2 is 1.86 bits per heavy atom. The standard InChI is InChI=1S/C15H16Cl2N2O2/c16-11-4-3-10(7-12(11)17)8-19-9-13(20)18-15(14(19)21)5-1-2-6-15/h3-4,7H,1-2,5-6,8-9H2,(H,18,20). The monoisotopic (exact) mass is 326 g/mol.